The standard InChI is InChI=1S/C22H26N4O4S/c1-18-4-10-21(11-5-18)31(28,29)26(19-6-8-20(30-2)9-7-19)16-22(27)24-12-3-14-25-15-13-23-17-25/h4-11,13,15,17H,3,12,14,16H2,1-2H3,(H,24,27). The predicted octanol–water partition coefficient (Wildman–Crippen LogP) is 2.60. The van der Waals surface area contributed by atoms with Crippen LogP contribution in [0.3, 0.4) is 0 Å². The summed E-state index contributed by atoms with van der Waals surface area (Å²) in [6.45, 7) is 2.70. The Balaban J connectivity index is 1.74. The van der Waals surface area contributed by atoms with Gasteiger partial charge in [0.25, 0.3) is 10.0 Å². The topological polar surface area (TPSA) is 93.5 Å². The summed E-state index contributed by atoms with van der Waals surface area (Å²) in [5, 5.41) is 2.80. The Hall–Kier alpha value is -3.33. The first-order valence-corrected chi connectivity index (χ1v) is 11.3. The lowest BCUT2D eigenvalue weighted by Gasteiger charge is -2.24. The fourth-order valence-corrected chi connectivity index (χ4v) is 4.42. The minimum Gasteiger partial charge on any atom is -0.497 e. The highest BCUT2D eigenvalue weighted by Gasteiger charge is 2.27. The number of carbonyl (C=O) groups excluding carboxylic acids is 1. The van der Waals surface area contributed by atoms with Crippen molar-refractivity contribution in [2.45, 2.75) is 24.8 Å². The van der Waals surface area contributed by atoms with Gasteiger partial charge in [-0.3, -0.25) is 9.10 Å². The van der Waals surface area contributed by atoms with Crippen LogP contribution in [0.4, 0.5) is 5.69 Å². The van der Waals surface area contributed by atoms with Crippen molar-refractivity contribution in [2.24, 2.45) is 0 Å². The maximum Gasteiger partial charge on any atom is 0.264 e. The molecule has 0 fully saturated rings. The van der Waals surface area contributed by atoms with E-state index in [1.165, 1.54) is 7.11 Å². The molecule has 0 aliphatic carbocycles. The summed E-state index contributed by atoms with van der Waals surface area (Å²) in [5.74, 6) is 0.220. The number of hydrogen-bond donors (Lipinski definition) is 1. The second kappa shape index (κ2) is 10.1. The molecule has 8 nitrogen and oxygen atoms in total. The van der Waals surface area contributed by atoms with Gasteiger partial charge in [0.05, 0.1) is 24.0 Å². The summed E-state index contributed by atoms with van der Waals surface area (Å²) >= 11 is 0. The number of methoxy groups -OCH3 is 1. The van der Waals surface area contributed by atoms with Gasteiger partial charge in [-0.05, 0) is 49.7 Å². The van der Waals surface area contributed by atoms with E-state index in [0.717, 1.165) is 9.87 Å². The third-order valence-electron chi connectivity index (χ3n) is 4.73. The number of nitrogens with zero attached hydrogens (tertiary/aromatic N) is 3. The number of carbonyl (C=O) groups is 1. The average Bonchev–Trinajstić information content (AvgIpc) is 3.29. The zero-order valence-electron chi connectivity index (χ0n) is 17.6. The third kappa shape index (κ3) is 5.85. The molecule has 3 aromatic rings. The molecule has 1 N–H and O–H groups in total. The molecule has 31 heavy (non-hydrogen) atoms. The van der Waals surface area contributed by atoms with Crippen LogP contribution in [-0.2, 0) is 21.4 Å². The van der Waals surface area contributed by atoms with Crippen LogP contribution in [0.1, 0.15) is 12.0 Å². The highest BCUT2D eigenvalue weighted by Crippen LogP contribution is 2.25. The molecule has 1 heterocycles. The number of aryl methyl sites for hydroxylation is 2. The second-order valence-corrected chi connectivity index (χ2v) is 8.89. The molecule has 0 aliphatic rings. The Morgan fingerprint density at radius 2 is 1.84 bits per heavy atom. The van der Waals surface area contributed by atoms with Crippen LogP contribution in [0.5, 0.6) is 5.75 Å². The number of hydrogen-bond acceptors (Lipinski definition) is 5. The summed E-state index contributed by atoms with van der Waals surface area (Å²) in [5.41, 5.74) is 1.33. The first kappa shape index (κ1) is 22.4. The van der Waals surface area contributed by atoms with E-state index in [-0.39, 0.29) is 17.3 Å². The molecular weight excluding hydrogens is 416 g/mol. The van der Waals surface area contributed by atoms with E-state index in [0.29, 0.717) is 30.9 Å². The van der Waals surface area contributed by atoms with Crippen LogP contribution >= 0.6 is 0 Å². The number of anilines is 1. The first-order chi connectivity index (χ1) is 14.9. The Morgan fingerprint density at radius 3 is 2.45 bits per heavy atom. The first-order valence-electron chi connectivity index (χ1n) is 9.86. The van der Waals surface area contributed by atoms with Crippen LogP contribution in [0.25, 0.3) is 0 Å². The largest absolute Gasteiger partial charge is 0.497 e. The van der Waals surface area contributed by atoms with E-state index >= 15 is 0 Å². The molecule has 0 bridgehead atoms. The van der Waals surface area contributed by atoms with Crippen LogP contribution in [-0.4, -0.2) is 44.1 Å². The van der Waals surface area contributed by atoms with Gasteiger partial charge >= 0.3 is 0 Å². The summed E-state index contributed by atoms with van der Waals surface area (Å²) in [6, 6.07) is 13.1. The number of amides is 1. The van der Waals surface area contributed by atoms with Crippen LogP contribution in [0.15, 0.2) is 72.1 Å². The van der Waals surface area contributed by atoms with E-state index in [1.807, 2.05) is 17.7 Å². The Kier molecular flexibility index (Phi) is 7.30. The minimum atomic E-state index is -3.93. The van der Waals surface area contributed by atoms with Crippen molar-refractivity contribution in [1.82, 2.24) is 14.9 Å². The molecule has 0 aliphatic heterocycles. The van der Waals surface area contributed by atoms with E-state index in [4.69, 9.17) is 4.74 Å². The zero-order chi connectivity index (χ0) is 22.3. The van der Waals surface area contributed by atoms with Gasteiger partial charge in [-0.2, -0.15) is 0 Å². The van der Waals surface area contributed by atoms with Crippen molar-refractivity contribution < 1.29 is 17.9 Å². The number of ether oxygens (including phenoxy) is 1. The molecule has 1 aromatic heterocycles. The average molecular weight is 443 g/mol. The Labute approximate surface area is 182 Å². The van der Waals surface area contributed by atoms with Crippen LogP contribution in [0.2, 0.25) is 0 Å². The lowest BCUT2D eigenvalue weighted by molar-refractivity contribution is -0.119. The lowest BCUT2D eigenvalue weighted by atomic mass is 10.2. The molecule has 0 atom stereocenters. The number of rotatable bonds is 10. The van der Waals surface area contributed by atoms with Crippen molar-refractivity contribution in [3.05, 3.63) is 72.8 Å². The number of benzene rings is 2. The molecule has 9 heteroatoms. The van der Waals surface area contributed by atoms with Gasteiger partial charge in [0.1, 0.15) is 12.3 Å². The summed E-state index contributed by atoms with van der Waals surface area (Å²) < 4.78 is 34.8. The Morgan fingerprint density at radius 1 is 1.13 bits per heavy atom. The van der Waals surface area contributed by atoms with Gasteiger partial charge in [0.2, 0.25) is 5.91 Å². The SMILES string of the molecule is COc1ccc(N(CC(=O)NCCCn2ccnc2)S(=O)(=O)c2ccc(C)cc2)cc1. The van der Waals surface area contributed by atoms with Crippen molar-refractivity contribution in [2.75, 3.05) is 24.5 Å². The van der Waals surface area contributed by atoms with Crippen molar-refractivity contribution in [3.8, 4) is 5.75 Å². The quantitative estimate of drug-likeness (QED) is 0.487. The summed E-state index contributed by atoms with van der Waals surface area (Å²) in [7, 11) is -2.40. The molecule has 0 saturated carbocycles. The molecule has 0 spiro atoms. The molecule has 0 unspecified atom stereocenters. The van der Waals surface area contributed by atoms with Crippen molar-refractivity contribution in [3.63, 3.8) is 0 Å². The summed E-state index contributed by atoms with van der Waals surface area (Å²) in [4.78, 5) is 16.7. The highest BCUT2D eigenvalue weighted by molar-refractivity contribution is 7.92. The van der Waals surface area contributed by atoms with Gasteiger partial charge < -0.3 is 14.6 Å². The van der Waals surface area contributed by atoms with E-state index in [9.17, 15) is 13.2 Å². The normalized spacial score (nSPS) is 11.2. The molecule has 0 radical (unpaired) electrons. The predicted molar refractivity (Wildman–Crippen MR) is 119 cm³/mol. The Bertz CT molecular complexity index is 1080. The third-order valence-corrected chi connectivity index (χ3v) is 6.52. The second-order valence-electron chi connectivity index (χ2n) is 7.03. The molecule has 1 amide bonds. The van der Waals surface area contributed by atoms with Crippen molar-refractivity contribution >= 4 is 21.6 Å². The number of sulfonamides is 1. The lowest BCUT2D eigenvalue weighted by Crippen LogP contribution is -2.41. The monoisotopic (exact) mass is 442 g/mol. The van der Waals surface area contributed by atoms with E-state index < -0.39 is 10.0 Å². The minimum absolute atomic E-state index is 0.127. The van der Waals surface area contributed by atoms with Gasteiger partial charge in [-0.15, -0.1) is 0 Å². The number of nitrogens with one attached hydrogen (secondary N) is 1. The number of aromatic nitrogens is 2. The van der Waals surface area contributed by atoms with Gasteiger partial charge in [-0.1, -0.05) is 17.7 Å². The molecule has 0 saturated heterocycles. The van der Waals surface area contributed by atoms with Gasteiger partial charge in [0, 0.05) is 25.5 Å². The van der Waals surface area contributed by atoms with Crippen LogP contribution < -0.4 is 14.4 Å². The highest BCUT2D eigenvalue weighted by atomic mass is 32.2. The smallest absolute Gasteiger partial charge is 0.264 e. The molecular formula is C22H26N4O4S. The number of imidazole rings is 1. The maximum absolute atomic E-state index is 13.3. The maximum atomic E-state index is 13.3. The fraction of sp³-hybridized carbons (Fsp3) is 0.273. The van der Waals surface area contributed by atoms with E-state index in [2.05, 4.69) is 10.3 Å². The zero-order valence-corrected chi connectivity index (χ0v) is 18.4. The van der Waals surface area contributed by atoms with E-state index in [1.54, 1.807) is 61.1 Å². The molecule has 3 rings (SSSR count). The molecule has 2 aromatic carbocycles. The van der Waals surface area contributed by atoms with Crippen molar-refractivity contribution in [1.29, 1.82) is 0 Å². The molecule has 164 valence electrons. The fourth-order valence-electron chi connectivity index (χ4n) is 3.00. The summed E-state index contributed by atoms with van der Waals surface area (Å²) in [6.07, 6.45) is 5.96. The van der Waals surface area contributed by atoms with Gasteiger partial charge in [0.15, 0.2) is 0 Å². The van der Waals surface area contributed by atoms with Gasteiger partial charge in [-0.25, -0.2) is 13.4 Å². The van der Waals surface area contributed by atoms with Crippen LogP contribution in [0, 0.1) is 6.92 Å².